The van der Waals surface area contributed by atoms with Gasteiger partial charge < -0.3 is 20.7 Å². The first-order chi connectivity index (χ1) is 13.5. The number of amides is 3. The Balaban J connectivity index is 1.34. The van der Waals surface area contributed by atoms with E-state index in [2.05, 4.69) is 5.32 Å². The lowest BCUT2D eigenvalue weighted by atomic mass is 9.97. The molecule has 3 aliphatic rings. The van der Waals surface area contributed by atoms with Gasteiger partial charge in [0.25, 0.3) is 5.91 Å². The van der Waals surface area contributed by atoms with E-state index in [4.69, 9.17) is 10.5 Å². The maximum atomic E-state index is 12.6. The number of primary amides is 1. The van der Waals surface area contributed by atoms with Crippen LogP contribution < -0.4 is 16.0 Å². The smallest absolute Gasteiger partial charge is 0.251 e. The van der Waals surface area contributed by atoms with Crippen LogP contribution in [-0.2, 0) is 14.3 Å². The predicted molar refractivity (Wildman–Crippen MR) is 104 cm³/mol. The van der Waals surface area contributed by atoms with Crippen molar-refractivity contribution in [2.75, 3.05) is 11.4 Å². The summed E-state index contributed by atoms with van der Waals surface area (Å²) in [5.74, 6) is -0.384. The third-order valence-electron chi connectivity index (χ3n) is 6.24. The fourth-order valence-electron chi connectivity index (χ4n) is 4.70. The number of nitrogens with two attached hydrogens (primary N) is 1. The zero-order valence-electron chi connectivity index (χ0n) is 16.0. The average molecular weight is 385 g/mol. The van der Waals surface area contributed by atoms with Crippen molar-refractivity contribution < 1.29 is 19.1 Å². The van der Waals surface area contributed by atoms with Crippen molar-refractivity contribution >= 4 is 23.4 Å². The number of carbonyl (C=O) groups excluding carboxylic acids is 3. The van der Waals surface area contributed by atoms with Crippen LogP contribution in [0.15, 0.2) is 24.3 Å². The van der Waals surface area contributed by atoms with E-state index in [1.807, 2.05) is 12.1 Å². The summed E-state index contributed by atoms with van der Waals surface area (Å²) >= 11 is 0. The molecule has 150 valence electrons. The molecule has 2 heterocycles. The molecule has 3 atom stereocenters. The molecular weight excluding hydrogens is 358 g/mol. The number of hydrogen-bond donors (Lipinski definition) is 2. The highest BCUT2D eigenvalue weighted by Crippen LogP contribution is 2.43. The zero-order chi connectivity index (χ0) is 19.7. The van der Waals surface area contributed by atoms with E-state index >= 15 is 0 Å². The molecule has 3 amide bonds. The van der Waals surface area contributed by atoms with E-state index in [-0.39, 0.29) is 23.5 Å². The van der Waals surface area contributed by atoms with E-state index in [1.54, 1.807) is 17.0 Å². The summed E-state index contributed by atoms with van der Waals surface area (Å²) in [5, 5.41) is 3.08. The van der Waals surface area contributed by atoms with Crippen LogP contribution in [0, 0.1) is 0 Å². The number of rotatable bonds is 4. The third-order valence-corrected chi connectivity index (χ3v) is 6.24. The fourth-order valence-corrected chi connectivity index (χ4v) is 4.70. The number of carbonyl (C=O) groups is 3. The predicted octanol–water partition coefficient (Wildman–Crippen LogP) is 1.89. The summed E-state index contributed by atoms with van der Waals surface area (Å²) in [6.45, 7) is 0.737. The second-order valence-corrected chi connectivity index (χ2v) is 8.19. The molecule has 1 aromatic rings. The molecule has 7 heteroatoms. The Morgan fingerprint density at radius 3 is 2.57 bits per heavy atom. The molecule has 3 unspecified atom stereocenters. The van der Waals surface area contributed by atoms with Crippen molar-refractivity contribution in [2.24, 2.45) is 5.73 Å². The molecule has 0 aromatic heterocycles. The second kappa shape index (κ2) is 7.54. The zero-order valence-corrected chi connectivity index (χ0v) is 16.0. The van der Waals surface area contributed by atoms with Crippen molar-refractivity contribution in [1.82, 2.24) is 5.32 Å². The molecule has 1 saturated carbocycles. The lowest BCUT2D eigenvalue weighted by Gasteiger charge is -2.27. The Bertz CT molecular complexity index is 778. The number of nitrogens with one attached hydrogen (secondary N) is 1. The van der Waals surface area contributed by atoms with Gasteiger partial charge in [-0.2, -0.15) is 0 Å². The van der Waals surface area contributed by atoms with Crippen LogP contribution in [0.25, 0.3) is 0 Å². The largest absolute Gasteiger partial charge is 0.367 e. The molecule has 3 fully saturated rings. The Morgan fingerprint density at radius 2 is 1.89 bits per heavy atom. The van der Waals surface area contributed by atoms with Gasteiger partial charge in [0.1, 0.15) is 6.10 Å². The SMILES string of the molecule is NC(=O)C1CCC2(CCC(NC(=O)c3ccc(N4CCCCC4=O)cc3)C2)O1. The van der Waals surface area contributed by atoms with Gasteiger partial charge in [0.05, 0.1) is 5.60 Å². The Labute approximate surface area is 164 Å². The van der Waals surface area contributed by atoms with Gasteiger partial charge in [0, 0.05) is 30.3 Å². The fraction of sp³-hybridized carbons (Fsp3) is 0.571. The Kier molecular flexibility index (Phi) is 5.10. The van der Waals surface area contributed by atoms with Gasteiger partial charge in [0.2, 0.25) is 11.8 Å². The minimum atomic E-state index is -0.500. The first-order valence-corrected chi connectivity index (χ1v) is 10.1. The number of hydrogen-bond acceptors (Lipinski definition) is 4. The molecule has 3 N–H and O–H groups in total. The van der Waals surface area contributed by atoms with Crippen LogP contribution in [0.3, 0.4) is 0 Å². The minimum Gasteiger partial charge on any atom is -0.367 e. The number of anilines is 1. The molecule has 7 nitrogen and oxygen atoms in total. The Hall–Kier alpha value is -2.41. The van der Waals surface area contributed by atoms with Crippen LogP contribution >= 0.6 is 0 Å². The first-order valence-electron chi connectivity index (χ1n) is 10.1. The molecular formula is C21H27N3O4. The average Bonchev–Trinajstić information content (AvgIpc) is 3.29. The van der Waals surface area contributed by atoms with Crippen molar-refractivity contribution in [3.63, 3.8) is 0 Å². The monoisotopic (exact) mass is 385 g/mol. The maximum absolute atomic E-state index is 12.6. The van der Waals surface area contributed by atoms with Crippen molar-refractivity contribution in [3.05, 3.63) is 29.8 Å². The van der Waals surface area contributed by atoms with E-state index in [1.165, 1.54) is 0 Å². The van der Waals surface area contributed by atoms with Gasteiger partial charge in [-0.05, 0) is 69.2 Å². The molecule has 1 aliphatic carbocycles. The van der Waals surface area contributed by atoms with Gasteiger partial charge in [0.15, 0.2) is 0 Å². The van der Waals surface area contributed by atoms with Crippen molar-refractivity contribution in [2.45, 2.75) is 69.1 Å². The third kappa shape index (κ3) is 3.76. The topological polar surface area (TPSA) is 102 Å². The van der Waals surface area contributed by atoms with Gasteiger partial charge in [-0.1, -0.05) is 0 Å². The summed E-state index contributed by atoms with van der Waals surface area (Å²) in [5.41, 5.74) is 6.46. The molecule has 0 bridgehead atoms. The summed E-state index contributed by atoms with van der Waals surface area (Å²) in [7, 11) is 0. The number of benzene rings is 1. The highest BCUT2D eigenvalue weighted by molar-refractivity contribution is 5.97. The number of ether oxygens (including phenoxy) is 1. The van der Waals surface area contributed by atoms with Crippen molar-refractivity contribution in [1.29, 1.82) is 0 Å². The molecule has 1 spiro atoms. The van der Waals surface area contributed by atoms with E-state index in [0.29, 0.717) is 24.8 Å². The highest BCUT2D eigenvalue weighted by Gasteiger charge is 2.47. The van der Waals surface area contributed by atoms with Crippen LogP contribution in [0.2, 0.25) is 0 Å². The molecule has 4 rings (SSSR count). The lowest BCUT2D eigenvalue weighted by molar-refractivity contribution is -0.133. The highest BCUT2D eigenvalue weighted by atomic mass is 16.5. The molecule has 1 aromatic carbocycles. The lowest BCUT2D eigenvalue weighted by Crippen LogP contribution is -2.37. The molecule has 0 radical (unpaired) electrons. The summed E-state index contributed by atoms with van der Waals surface area (Å²) in [4.78, 5) is 37.8. The van der Waals surface area contributed by atoms with Gasteiger partial charge in [-0.3, -0.25) is 14.4 Å². The van der Waals surface area contributed by atoms with Crippen molar-refractivity contribution in [3.8, 4) is 0 Å². The molecule has 2 aliphatic heterocycles. The van der Waals surface area contributed by atoms with E-state index < -0.39 is 12.0 Å². The van der Waals surface area contributed by atoms with E-state index in [9.17, 15) is 14.4 Å². The van der Waals surface area contributed by atoms with E-state index in [0.717, 1.165) is 44.3 Å². The van der Waals surface area contributed by atoms with Gasteiger partial charge in [-0.15, -0.1) is 0 Å². The molecule has 28 heavy (non-hydrogen) atoms. The molecule has 2 saturated heterocycles. The van der Waals surface area contributed by atoms with Gasteiger partial charge >= 0.3 is 0 Å². The summed E-state index contributed by atoms with van der Waals surface area (Å²) in [6.07, 6.45) is 5.89. The number of nitrogens with zero attached hydrogens (tertiary/aromatic N) is 1. The minimum absolute atomic E-state index is 0.0301. The summed E-state index contributed by atoms with van der Waals surface area (Å²) < 4.78 is 5.92. The van der Waals surface area contributed by atoms with Crippen LogP contribution in [0.1, 0.15) is 61.7 Å². The standard InChI is InChI=1S/C21H27N3O4/c22-19(26)17-9-11-21(28-17)10-8-15(13-21)23-20(27)14-4-6-16(7-5-14)24-12-2-1-3-18(24)25/h4-7,15,17H,1-3,8-13H2,(H2,22,26)(H,23,27). The normalized spacial score (nSPS) is 30.0. The number of piperidine rings is 1. The quantitative estimate of drug-likeness (QED) is 0.826. The first kappa shape index (κ1) is 18.9. The van der Waals surface area contributed by atoms with Crippen LogP contribution in [-0.4, -0.2) is 42.0 Å². The van der Waals surface area contributed by atoms with Gasteiger partial charge in [-0.25, -0.2) is 0 Å². The van der Waals surface area contributed by atoms with Crippen LogP contribution in [0.4, 0.5) is 5.69 Å². The summed E-state index contributed by atoms with van der Waals surface area (Å²) in [6, 6.07) is 7.25. The second-order valence-electron chi connectivity index (χ2n) is 8.19. The maximum Gasteiger partial charge on any atom is 0.251 e. The van der Waals surface area contributed by atoms with Crippen LogP contribution in [0.5, 0.6) is 0 Å². The Morgan fingerprint density at radius 1 is 1.14 bits per heavy atom.